The smallest absolute Gasteiger partial charge is 0.101 e. The Morgan fingerprint density at radius 1 is 1.50 bits per heavy atom. The molecule has 0 radical (unpaired) electrons. The molecule has 0 saturated heterocycles. The predicted octanol–water partition coefficient (Wildman–Crippen LogP) is 3.27. The molecule has 0 saturated carbocycles. The van der Waals surface area contributed by atoms with E-state index in [1.807, 2.05) is 26.0 Å². The molecule has 0 atom stereocenters. The Morgan fingerprint density at radius 2 is 2.19 bits per heavy atom. The lowest BCUT2D eigenvalue weighted by atomic mass is 10.1. The fourth-order valence-electron chi connectivity index (χ4n) is 1.69. The maximum absolute atomic E-state index is 9.09. The zero-order valence-electron chi connectivity index (χ0n) is 10.2. The van der Waals surface area contributed by atoms with E-state index < -0.39 is 0 Å². The maximum Gasteiger partial charge on any atom is 0.101 e. The number of benzene rings is 1. The molecule has 0 spiro atoms. The number of hydrogen-bond donors (Lipinski definition) is 0. The Bertz CT molecular complexity index is 427. The molecule has 16 heavy (non-hydrogen) atoms. The van der Waals surface area contributed by atoms with E-state index in [1.54, 1.807) is 0 Å². The highest BCUT2D eigenvalue weighted by Crippen LogP contribution is 2.22. The average Bonchev–Trinajstić information content (AvgIpc) is 2.25. The lowest BCUT2D eigenvalue weighted by molar-refractivity contribution is 0.878. The van der Waals surface area contributed by atoms with Crippen molar-refractivity contribution in [1.29, 1.82) is 5.26 Å². The molecule has 0 amide bonds. The second-order valence-corrected chi connectivity index (χ2v) is 4.10. The summed E-state index contributed by atoms with van der Waals surface area (Å²) in [5, 5.41) is 9.09. The van der Waals surface area contributed by atoms with E-state index in [9.17, 15) is 0 Å². The minimum atomic E-state index is 0.730. The number of rotatable bonds is 4. The van der Waals surface area contributed by atoms with Gasteiger partial charge in [-0.3, -0.25) is 0 Å². The van der Waals surface area contributed by atoms with Gasteiger partial charge in [-0.05, 0) is 38.5 Å². The molecule has 0 aliphatic carbocycles. The molecule has 0 heterocycles. The molecule has 0 aliphatic rings. The van der Waals surface area contributed by atoms with E-state index in [2.05, 4.69) is 30.5 Å². The van der Waals surface area contributed by atoms with E-state index in [0.29, 0.717) is 0 Å². The first-order chi connectivity index (χ1) is 7.58. The summed E-state index contributed by atoms with van der Waals surface area (Å²) in [5.41, 5.74) is 4.02. The molecule has 2 heteroatoms. The minimum absolute atomic E-state index is 0.730. The van der Waals surface area contributed by atoms with Gasteiger partial charge in [0.2, 0.25) is 0 Å². The quantitative estimate of drug-likeness (QED) is 0.719. The molecule has 84 valence electrons. The van der Waals surface area contributed by atoms with Crippen molar-refractivity contribution in [1.82, 2.24) is 0 Å². The molecule has 1 aromatic rings. The van der Waals surface area contributed by atoms with Gasteiger partial charge in [0.1, 0.15) is 6.07 Å². The van der Waals surface area contributed by atoms with Gasteiger partial charge in [0, 0.05) is 13.1 Å². The molecular formula is C14H18N2. The molecule has 2 nitrogen and oxygen atoms in total. The third-order valence-electron chi connectivity index (χ3n) is 2.46. The summed E-state index contributed by atoms with van der Waals surface area (Å²) in [5.74, 6) is 0. The van der Waals surface area contributed by atoms with Crippen LogP contribution in [-0.4, -0.2) is 13.1 Å². The van der Waals surface area contributed by atoms with E-state index in [4.69, 9.17) is 5.26 Å². The van der Waals surface area contributed by atoms with E-state index in [0.717, 1.165) is 29.9 Å². The van der Waals surface area contributed by atoms with Gasteiger partial charge < -0.3 is 4.90 Å². The number of anilines is 1. The summed E-state index contributed by atoms with van der Waals surface area (Å²) < 4.78 is 0. The van der Waals surface area contributed by atoms with Crippen LogP contribution < -0.4 is 4.90 Å². The SMILES string of the molecule is C=C(C)CN(CC)c1cc(C)ccc1C#N. The summed E-state index contributed by atoms with van der Waals surface area (Å²) in [6.07, 6.45) is 0. The second-order valence-electron chi connectivity index (χ2n) is 4.10. The normalized spacial score (nSPS) is 9.62. The van der Waals surface area contributed by atoms with Crippen LogP contribution in [0.5, 0.6) is 0 Å². The summed E-state index contributed by atoms with van der Waals surface area (Å²) in [7, 11) is 0. The van der Waals surface area contributed by atoms with Gasteiger partial charge in [-0.25, -0.2) is 0 Å². The first-order valence-corrected chi connectivity index (χ1v) is 5.48. The Kier molecular flexibility index (Phi) is 4.13. The highest BCUT2D eigenvalue weighted by atomic mass is 15.1. The molecule has 0 bridgehead atoms. The fraction of sp³-hybridized carbons (Fsp3) is 0.357. The predicted molar refractivity (Wildman–Crippen MR) is 68.6 cm³/mol. The van der Waals surface area contributed by atoms with Gasteiger partial charge in [0.15, 0.2) is 0 Å². The Balaban J connectivity index is 3.13. The van der Waals surface area contributed by atoms with Crippen LogP contribution in [0.3, 0.4) is 0 Å². The Hall–Kier alpha value is -1.75. The van der Waals surface area contributed by atoms with Crippen molar-refractivity contribution in [2.75, 3.05) is 18.0 Å². The van der Waals surface area contributed by atoms with E-state index in [1.165, 1.54) is 5.56 Å². The lowest BCUT2D eigenvalue weighted by Crippen LogP contribution is -2.25. The summed E-state index contributed by atoms with van der Waals surface area (Å²) >= 11 is 0. The van der Waals surface area contributed by atoms with Crippen LogP contribution in [0.15, 0.2) is 30.4 Å². The molecule has 0 aromatic heterocycles. The number of hydrogen-bond acceptors (Lipinski definition) is 2. The van der Waals surface area contributed by atoms with Crippen molar-refractivity contribution in [3.05, 3.63) is 41.5 Å². The van der Waals surface area contributed by atoms with Gasteiger partial charge in [-0.2, -0.15) is 5.26 Å². The highest BCUT2D eigenvalue weighted by molar-refractivity contribution is 5.61. The first-order valence-electron chi connectivity index (χ1n) is 5.48. The summed E-state index contributed by atoms with van der Waals surface area (Å²) in [4.78, 5) is 2.17. The summed E-state index contributed by atoms with van der Waals surface area (Å²) in [6.45, 7) is 11.7. The third-order valence-corrected chi connectivity index (χ3v) is 2.46. The fourth-order valence-corrected chi connectivity index (χ4v) is 1.69. The van der Waals surface area contributed by atoms with Crippen LogP contribution in [0, 0.1) is 18.3 Å². The number of likely N-dealkylation sites (N-methyl/N-ethyl adjacent to an activating group) is 1. The number of nitriles is 1. The Morgan fingerprint density at radius 3 is 2.69 bits per heavy atom. The lowest BCUT2D eigenvalue weighted by Gasteiger charge is -2.24. The Labute approximate surface area is 97.8 Å². The average molecular weight is 214 g/mol. The van der Waals surface area contributed by atoms with Crippen LogP contribution in [0.2, 0.25) is 0 Å². The molecule has 1 aromatic carbocycles. The highest BCUT2D eigenvalue weighted by Gasteiger charge is 2.09. The zero-order chi connectivity index (χ0) is 12.1. The monoisotopic (exact) mass is 214 g/mol. The topological polar surface area (TPSA) is 27.0 Å². The number of nitrogens with zero attached hydrogens (tertiary/aromatic N) is 2. The van der Waals surface area contributed by atoms with Crippen molar-refractivity contribution in [2.24, 2.45) is 0 Å². The maximum atomic E-state index is 9.09. The van der Waals surface area contributed by atoms with Crippen molar-refractivity contribution in [3.8, 4) is 6.07 Å². The first kappa shape index (κ1) is 12.3. The van der Waals surface area contributed by atoms with Gasteiger partial charge in [-0.1, -0.05) is 18.2 Å². The van der Waals surface area contributed by atoms with Gasteiger partial charge in [-0.15, -0.1) is 0 Å². The minimum Gasteiger partial charge on any atom is -0.367 e. The standard InChI is InChI=1S/C14H18N2/c1-5-16(10-11(2)3)14-8-12(4)6-7-13(14)9-15/h6-8H,2,5,10H2,1,3-4H3. The van der Waals surface area contributed by atoms with E-state index in [-0.39, 0.29) is 0 Å². The van der Waals surface area contributed by atoms with Crippen LogP contribution in [0.4, 0.5) is 5.69 Å². The van der Waals surface area contributed by atoms with Gasteiger partial charge in [0.05, 0.1) is 11.3 Å². The third kappa shape index (κ3) is 2.87. The molecular weight excluding hydrogens is 196 g/mol. The summed E-state index contributed by atoms with van der Waals surface area (Å²) in [6, 6.07) is 8.15. The molecule has 0 aliphatic heterocycles. The molecule has 1 rings (SSSR count). The largest absolute Gasteiger partial charge is 0.367 e. The molecule has 0 unspecified atom stereocenters. The zero-order valence-corrected chi connectivity index (χ0v) is 10.2. The van der Waals surface area contributed by atoms with Crippen LogP contribution in [0.25, 0.3) is 0 Å². The van der Waals surface area contributed by atoms with Gasteiger partial charge in [0.25, 0.3) is 0 Å². The van der Waals surface area contributed by atoms with Crippen molar-refractivity contribution in [2.45, 2.75) is 20.8 Å². The molecule has 0 N–H and O–H groups in total. The van der Waals surface area contributed by atoms with Crippen LogP contribution in [0.1, 0.15) is 25.0 Å². The van der Waals surface area contributed by atoms with Crippen molar-refractivity contribution in [3.63, 3.8) is 0 Å². The second kappa shape index (κ2) is 5.37. The van der Waals surface area contributed by atoms with E-state index >= 15 is 0 Å². The van der Waals surface area contributed by atoms with Crippen LogP contribution >= 0.6 is 0 Å². The van der Waals surface area contributed by atoms with Crippen molar-refractivity contribution >= 4 is 5.69 Å². The number of aryl methyl sites for hydroxylation is 1. The van der Waals surface area contributed by atoms with Crippen molar-refractivity contribution < 1.29 is 0 Å². The molecule has 0 fully saturated rings. The van der Waals surface area contributed by atoms with Crippen LogP contribution in [-0.2, 0) is 0 Å². The van der Waals surface area contributed by atoms with Gasteiger partial charge >= 0.3 is 0 Å².